The van der Waals surface area contributed by atoms with Crippen molar-refractivity contribution in [2.45, 2.75) is 25.8 Å². The summed E-state index contributed by atoms with van der Waals surface area (Å²) in [6, 6.07) is 9.66. The van der Waals surface area contributed by atoms with E-state index in [0.29, 0.717) is 11.8 Å². The van der Waals surface area contributed by atoms with Crippen molar-refractivity contribution >= 4 is 5.91 Å². The van der Waals surface area contributed by atoms with Crippen LogP contribution in [-0.4, -0.2) is 10.9 Å². The number of hydrogen-bond acceptors (Lipinski definition) is 3. The number of aromatic nitrogens is 1. The number of nitrogens with zero attached hydrogens (tertiary/aromatic N) is 1. The Morgan fingerprint density at radius 2 is 2.10 bits per heavy atom. The van der Waals surface area contributed by atoms with Gasteiger partial charge in [0.15, 0.2) is 5.76 Å². The summed E-state index contributed by atoms with van der Waals surface area (Å²) in [7, 11) is 0. The summed E-state index contributed by atoms with van der Waals surface area (Å²) in [5.74, 6) is 2.11. The molecule has 0 radical (unpaired) electrons. The van der Waals surface area contributed by atoms with Crippen LogP contribution in [-0.2, 0) is 4.79 Å². The van der Waals surface area contributed by atoms with E-state index in [1.54, 1.807) is 6.20 Å². The lowest BCUT2D eigenvalue weighted by Gasteiger charge is -2.11. The number of amides is 1. The van der Waals surface area contributed by atoms with Gasteiger partial charge in [0.05, 0.1) is 11.6 Å². The lowest BCUT2D eigenvalue weighted by Crippen LogP contribution is -2.30. The van der Waals surface area contributed by atoms with Crippen molar-refractivity contribution in [1.82, 2.24) is 10.3 Å². The van der Waals surface area contributed by atoms with Crippen molar-refractivity contribution in [2.24, 2.45) is 11.3 Å². The minimum atomic E-state index is -0.184. The maximum absolute atomic E-state index is 12.0. The van der Waals surface area contributed by atoms with Crippen LogP contribution in [0.4, 0.5) is 0 Å². The highest BCUT2D eigenvalue weighted by Gasteiger charge is 2.74. The fraction of sp³-hybridized carbons (Fsp3) is 0.375. The topological polar surface area (TPSA) is 55.1 Å². The molecule has 1 N–H and O–H groups in total. The quantitative estimate of drug-likeness (QED) is 0.927. The molecule has 4 rings (SSSR count). The number of hydrogen-bond donors (Lipinski definition) is 1. The molecule has 20 heavy (non-hydrogen) atoms. The zero-order valence-electron chi connectivity index (χ0n) is 11.3. The minimum Gasteiger partial charge on any atom is -0.438 e. The molecule has 0 aliphatic heterocycles. The number of carbonyl (C=O) groups is 1. The highest BCUT2D eigenvalue weighted by Crippen LogP contribution is 2.75. The van der Waals surface area contributed by atoms with Crippen LogP contribution in [0.2, 0.25) is 0 Å². The molecule has 2 aromatic rings. The molecule has 1 amide bonds. The summed E-state index contributed by atoms with van der Waals surface area (Å²) >= 11 is 0. The molecule has 2 aliphatic carbocycles. The lowest BCUT2D eigenvalue weighted by molar-refractivity contribution is -0.125. The van der Waals surface area contributed by atoms with Crippen molar-refractivity contribution in [2.75, 3.05) is 0 Å². The summed E-state index contributed by atoms with van der Waals surface area (Å²) < 4.78 is 5.75. The van der Waals surface area contributed by atoms with Crippen molar-refractivity contribution in [3.8, 4) is 11.3 Å². The van der Waals surface area contributed by atoms with E-state index in [9.17, 15) is 4.79 Å². The largest absolute Gasteiger partial charge is 0.438 e. The lowest BCUT2D eigenvalue weighted by atomic mass is 10.2. The molecular weight excluding hydrogens is 252 g/mol. The summed E-state index contributed by atoms with van der Waals surface area (Å²) in [6.07, 6.45) is 3.83. The number of fused-ring (bicyclic) bond motifs is 1. The van der Waals surface area contributed by atoms with Gasteiger partial charge < -0.3 is 9.73 Å². The van der Waals surface area contributed by atoms with E-state index >= 15 is 0 Å². The van der Waals surface area contributed by atoms with Crippen molar-refractivity contribution in [3.63, 3.8) is 0 Å². The highest BCUT2D eigenvalue weighted by molar-refractivity contribution is 5.90. The first kappa shape index (κ1) is 11.7. The smallest absolute Gasteiger partial charge is 0.227 e. The molecule has 1 unspecified atom stereocenters. The van der Waals surface area contributed by atoms with Gasteiger partial charge in [0.25, 0.3) is 0 Å². The molecule has 2 aliphatic rings. The van der Waals surface area contributed by atoms with Gasteiger partial charge in [0.1, 0.15) is 6.04 Å². The molecule has 0 saturated heterocycles. The standard InChI is InChI=1S/C16H16N2O2/c1-10(18-15(19)16-7-12(16)8-16)14-17-9-13(20-14)11-5-3-2-4-6-11/h2-6,9-10,12H,7-8H2,1H3,(H,18,19). The van der Waals surface area contributed by atoms with E-state index in [2.05, 4.69) is 10.3 Å². The van der Waals surface area contributed by atoms with Gasteiger partial charge in [-0.25, -0.2) is 4.98 Å². The van der Waals surface area contributed by atoms with Crippen LogP contribution in [0, 0.1) is 11.3 Å². The average molecular weight is 268 g/mol. The zero-order chi connectivity index (χ0) is 13.7. The van der Waals surface area contributed by atoms with Gasteiger partial charge in [-0.05, 0) is 25.7 Å². The molecule has 4 heteroatoms. The summed E-state index contributed by atoms with van der Waals surface area (Å²) in [4.78, 5) is 16.3. The Bertz CT molecular complexity index is 656. The molecule has 2 saturated carbocycles. The van der Waals surface area contributed by atoms with Gasteiger partial charge in [-0.3, -0.25) is 4.79 Å². The first-order chi connectivity index (χ1) is 9.69. The van der Waals surface area contributed by atoms with E-state index in [0.717, 1.165) is 24.2 Å². The Balaban J connectivity index is 1.48. The van der Waals surface area contributed by atoms with E-state index in [4.69, 9.17) is 4.42 Å². The SMILES string of the molecule is CC(NC(=O)C12CC1C2)c1ncc(-c2ccccc2)o1. The van der Waals surface area contributed by atoms with Gasteiger partial charge in [-0.2, -0.15) is 0 Å². The van der Waals surface area contributed by atoms with Crippen LogP contribution in [0.5, 0.6) is 0 Å². The Morgan fingerprint density at radius 1 is 1.40 bits per heavy atom. The first-order valence-corrected chi connectivity index (χ1v) is 7.01. The molecule has 2 fully saturated rings. The number of nitrogens with one attached hydrogen (secondary N) is 1. The van der Waals surface area contributed by atoms with E-state index < -0.39 is 0 Å². The molecule has 0 bridgehead atoms. The minimum absolute atomic E-state index is 0.0108. The van der Waals surface area contributed by atoms with Crippen molar-refractivity contribution in [3.05, 3.63) is 42.4 Å². The molecular formula is C16H16N2O2. The van der Waals surface area contributed by atoms with E-state index in [1.165, 1.54) is 0 Å². The maximum atomic E-state index is 12.0. The van der Waals surface area contributed by atoms with Gasteiger partial charge in [-0.1, -0.05) is 30.3 Å². The van der Waals surface area contributed by atoms with Gasteiger partial charge >= 0.3 is 0 Å². The fourth-order valence-electron chi connectivity index (χ4n) is 2.70. The van der Waals surface area contributed by atoms with Crippen LogP contribution in [0.1, 0.15) is 31.7 Å². The van der Waals surface area contributed by atoms with Crippen LogP contribution in [0.15, 0.2) is 40.9 Å². The predicted octanol–water partition coefficient (Wildman–Crippen LogP) is 2.93. The van der Waals surface area contributed by atoms with E-state index in [1.807, 2.05) is 37.3 Å². The van der Waals surface area contributed by atoms with E-state index in [-0.39, 0.29) is 17.4 Å². The second kappa shape index (κ2) is 3.95. The third-order valence-corrected chi connectivity index (χ3v) is 4.43. The van der Waals surface area contributed by atoms with Crippen LogP contribution in [0.3, 0.4) is 0 Å². The van der Waals surface area contributed by atoms with Crippen LogP contribution < -0.4 is 5.32 Å². The van der Waals surface area contributed by atoms with Crippen molar-refractivity contribution < 1.29 is 9.21 Å². The molecule has 4 nitrogen and oxygen atoms in total. The molecule has 1 heterocycles. The second-order valence-electron chi connectivity index (χ2n) is 5.89. The second-order valence-corrected chi connectivity index (χ2v) is 5.89. The summed E-state index contributed by atoms with van der Waals surface area (Å²) in [6.45, 7) is 1.91. The summed E-state index contributed by atoms with van der Waals surface area (Å²) in [5, 5.41) is 3.01. The number of rotatable bonds is 4. The molecule has 102 valence electrons. The molecule has 1 aromatic heterocycles. The third kappa shape index (κ3) is 1.75. The fourth-order valence-corrected chi connectivity index (χ4v) is 2.70. The Kier molecular flexibility index (Phi) is 2.31. The number of benzene rings is 1. The van der Waals surface area contributed by atoms with Crippen molar-refractivity contribution in [1.29, 1.82) is 0 Å². The Hall–Kier alpha value is -2.10. The number of oxazole rings is 1. The third-order valence-electron chi connectivity index (χ3n) is 4.43. The Morgan fingerprint density at radius 3 is 2.75 bits per heavy atom. The highest BCUT2D eigenvalue weighted by atomic mass is 16.4. The average Bonchev–Trinajstić information content (AvgIpc) is 3.26. The monoisotopic (exact) mass is 268 g/mol. The van der Waals surface area contributed by atoms with Crippen LogP contribution >= 0.6 is 0 Å². The maximum Gasteiger partial charge on any atom is 0.227 e. The van der Waals surface area contributed by atoms with Crippen LogP contribution in [0.25, 0.3) is 11.3 Å². The van der Waals surface area contributed by atoms with Gasteiger partial charge in [-0.15, -0.1) is 0 Å². The summed E-state index contributed by atoms with van der Waals surface area (Å²) in [5.41, 5.74) is 0.983. The number of carbonyl (C=O) groups excluding carboxylic acids is 1. The Labute approximate surface area is 117 Å². The zero-order valence-corrected chi connectivity index (χ0v) is 11.3. The van der Waals surface area contributed by atoms with Gasteiger partial charge in [0, 0.05) is 5.56 Å². The molecule has 1 aromatic carbocycles. The van der Waals surface area contributed by atoms with Gasteiger partial charge in [0.2, 0.25) is 11.8 Å². The normalized spacial score (nSPS) is 27.6. The molecule has 1 atom stereocenters. The molecule has 0 spiro atoms. The predicted molar refractivity (Wildman–Crippen MR) is 73.7 cm³/mol. The first-order valence-electron chi connectivity index (χ1n) is 7.01.